The maximum atomic E-state index is 12.4. The van der Waals surface area contributed by atoms with Crippen molar-refractivity contribution in [1.29, 1.82) is 0 Å². The van der Waals surface area contributed by atoms with Crippen LogP contribution in [0.2, 0.25) is 0 Å². The van der Waals surface area contributed by atoms with E-state index >= 15 is 0 Å². The monoisotopic (exact) mass is 288 g/mol. The molecule has 1 aromatic rings. The molecule has 3 N–H and O–H groups in total. The summed E-state index contributed by atoms with van der Waals surface area (Å²) in [6.45, 7) is 0.423. The van der Waals surface area contributed by atoms with E-state index in [2.05, 4.69) is 5.32 Å². The first-order valence-electron chi connectivity index (χ1n) is 6.83. The van der Waals surface area contributed by atoms with Gasteiger partial charge in [0.1, 0.15) is 13.1 Å². The number of imide groups is 1. The molecule has 7 nitrogen and oxygen atoms in total. The molecule has 1 fully saturated rings. The minimum Gasteiger partial charge on any atom is -0.398 e. The van der Waals surface area contributed by atoms with E-state index in [1.165, 1.54) is 4.90 Å². The van der Waals surface area contributed by atoms with E-state index in [0.717, 1.165) is 24.1 Å². The van der Waals surface area contributed by atoms with Gasteiger partial charge in [-0.05, 0) is 30.5 Å². The average Bonchev–Trinajstić information content (AvgIpc) is 2.76. The van der Waals surface area contributed by atoms with E-state index in [1.807, 2.05) is 18.2 Å². The van der Waals surface area contributed by atoms with Crippen LogP contribution in [-0.2, 0) is 16.0 Å². The number of hydrogen-bond acceptors (Lipinski definition) is 4. The lowest BCUT2D eigenvalue weighted by Crippen LogP contribution is -2.43. The Morgan fingerprint density at radius 2 is 2.14 bits per heavy atom. The zero-order chi connectivity index (χ0) is 15.0. The van der Waals surface area contributed by atoms with Gasteiger partial charge in [-0.3, -0.25) is 14.9 Å². The number of rotatable bonds is 2. The number of anilines is 2. The van der Waals surface area contributed by atoms with Crippen molar-refractivity contribution in [2.75, 3.05) is 30.3 Å². The molecular formula is C14H16N4O3. The Kier molecular flexibility index (Phi) is 3.25. The van der Waals surface area contributed by atoms with Crippen LogP contribution in [0.1, 0.15) is 12.0 Å². The van der Waals surface area contributed by atoms with Gasteiger partial charge in [0.15, 0.2) is 0 Å². The predicted octanol–water partition coefficient (Wildman–Crippen LogP) is 0.0998. The third-order valence-corrected chi connectivity index (χ3v) is 3.78. The maximum Gasteiger partial charge on any atom is 0.325 e. The normalized spacial score (nSPS) is 17.7. The lowest BCUT2D eigenvalue weighted by Gasteiger charge is -2.31. The Morgan fingerprint density at radius 1 is 1.33 bits per heavy atom. The molecule has 0 bridgehead atoms. The third-order valence-electron chi connectivity index (χ3n) is 3.78. The van der Waals surface area contributed by atoms with Gasteiger partial charge in [0.05, 0.1) is 0 Å². The minimum absolute atomic E-state index is 0.0673. The molecule has 1 saturated heterocycles. The van der Waals surface area contributed by atoms with Gasteiger partial charge in [0.2, 0.25) is 11.8 Å². The van der Waals surface area contributed by atoms with Crippen molar-refractivity contribution < 1.29 is 14.4 Å². The molecule has 0 radical (unpaired) electrons. The van der Waals surface area contributed by atoms with Crippen LogP contribution in [-0.4, -0.2) is 42.4 Å². The van der Waals surface area contributed by atoms with Crippen molar-refractivity contribution >= 4 is 29.2 Å². The van der Waals surface area contributed by atoms with Gasteiger partial charge in [-0.15, -0.1) is 0 Å². The average molecular weight is 288 g/mol. The van der Waals surface area contributed by atoms with Gasteiger partial charge in [-0.1, -0.05) is 6.07 Å². The fourth-order valence-corrected chi connectivity index (χ4v) is 2.77. The number of amides is 4. The quantitative estimate of drug-likeness (QED) is 0.596. The van der Waals surface area contributed by atoms with E-state index in [0.29, 0.717) is 12.2 Å². The Morgan fingerprint density at radius 3 is 2.86 bits per heavy atom. The third kappa shape index (κ3) is 2.42. The molecule has 2 heterocycles. The van der Waals surface area contributed by atoms with Crippen molar-refractivity contribution in [3.63, 3.8) is 0 Å². The smallest absolute Gasteiger partial charge is 0.325 e. The van der Waals surface area contributed by atoms with Gasteiger partial charge in [0, 0.05) is 17.9 Å². The maximum absolute atomic E-state index is 12.4. The SMILES string of the molecule is Nc1cccc2c1CCCN2C(=O)CN1CC(=O)NC1=O. The molecule has 2 aliphatic rings. The lowest BCUT2D eigenvalue weighted by molar-refractivity contribution is -0.120. The van der Waals surface area contributed by atoms with Crippen molar-refractivity contribution in [3.8, 4) is 0 Å². The van der Waals surface area contributed by atoms with E-state index < -0.39 is 6.03 Å². The molecule has 1 aromatic carbocycles. The molecule has 110 valence electrons. The molecule has 3 rings (SSSR count). The van der Waals surface area contributed by atoms with Gasteiger partial charge >= 0.3 is 6.03 Å². The van der Waals surface area contributed by atoms with Crippen LogP contribution in [0.3, 0.4) is 0 Å². The van der Waals surface area contributed by atoms with Crippen molar-refractivity contribution in [2.45, 2.75) is 12.8 Å². The predicted molar refractivity (Wildman–Crippen MR) is 76.6 cm³/mol. The number of benzene rings is 1. The first kappa shape index (κ1) is 13.4. The zero-order valence-electron chi connectivity index (χ0n) is 11.5. The number of nitrogens with zero attached hydrogens (tertiary/aromatic N) is 2. The fraction of sp³-hybridized carbons (Fsp3) is 0.357. The summed E-state index contributed by atoms with van der Waals surface area (Å²) in [7, 11) is 0. The summed E-state index contributed by atoms with van der Waals surface area (Å²) in [5.41, 5.74) is 8.40. The zero-order valence-corrected chi connectivity index (χ0v) is 11.5. The van der Waals surface area contributed by atoms with Crippen LogP contribution in [0, 0.1) is 0 Å². The second-order valence-electron chi connectivity index (χ2n) is 5.20. The number of urea groups is 1. The summed E-state index contributed by atoms with van der Waals surface area (Å²) in [6.07, 6.45) is 1.67. The molecular weight excluding hydrogens is 272 g/mol. The Hall–Kier alpha value is -2.57. The van der Waals surface area contributed by atoms with E-state index in [1.54, 1.807) is 4.90 Å². The van der Waals surface area contributed by atoms with E-state index in [9.17, 15) is 14.4 Å². The van der Waals surface area contributed by atoms with Gasteiger partial charge in [0.25, 0.3) is 0 Å². The van der Waals surface area contributed by atoms with Crippen LogP contribution in [0.15, 0.2) is 18.2 Å². The number of carbonyl (C=O) groups excluding carboxylic acids is 3. The summed E-state index contributed by atoms with van der Waals surface area (Å²) >= 11 is 0. The second kappa shape index (κ2) is 5.08. The molecule has 0 unspecified atom stereocenters. The van der Waals surface area contributed by atoms with Gasteiger partial charge < -0.3 is 15.5 Å². The Labute approximate surface area is 121 Å². The van der Waals surface area contributed by atoms with Crippen LogP contribution in [0.5, 0.6) is 0 Å². The van der Waals surface area contributed by atoms with E-state index in [4.69, 9.17) is 5.73 Å². The number of fused-ring (bicyclic) bond motifs is 1. The molecule has 7 heteroatoms. The largest absolute Gasteiger partial charge is 0.398 e. The fourth-order valence-electron chi connectivity index (χ4n) is 2.77. The Balaban J connectivity index is 1.79. The molecule has 0 saturated carbocycles. The highest BCUT2D eigenvalue weighted by atomic mass is 16.2. The molecule has 0 aliphatic carbocycles. The minimum atomic E-state index is -0.516. The van der Waals surface area contributed by atoms with Crippen LogP contribution >= 0.6 is 0 Å². The molecule has 0 aromatic heterocycles. The lowest BCUT2D eigenvalue weighted by atomic mass is 10.00. The van der Waals surface area contributed by atoms with Crippen molar-refractivity contribution in [2.24, 2.45) is 0 Å². The molecule has 2 aliphatic heterocycles. The van der Waals surface area contributed by atoms with Crippen molar-refractivity contribution in [3.05, 3.63) is 23.8 Å². The first-order valence-corrected chi connectivity index (χ1v) is 6.83. The summed E-state index contributed by atoms with van der Waals surface area (Å²) in [6, 6.07) is 4.97. The first-order chi connectivity index (χ1) is 10.1. The number of hydrogen-bond donors (Lipinski definition) is 2. The number of nitrogen functional groups attached to an aromatic ring is 1. The molecule has 0 atom stereocenters. The van der Waals surface area contributed by atoms with Crippen LogP contribution in [0.4, 0.5) is 16.2 Å². The number of nitrogens with two attached hydrogens (primary N) is 1. The van der Waals surface area contributed by atoms with Crippen molar-refractivity contribution in [1.82, 2.24) is 10.2 Å². The summed E-state index contributed by atoms with van der Waals surface area (Å²) in [5, 5.41) is 2.16. The van der Waals surface area contributed by atoms with Gasteiger partial charge in [-0.25, -0.2) is 4.79 Å². The Bertz CT molecular complexity index is 629. The summed E-state index contributed by atoms with van der Waals surface area (Å²) < 4.78 is 0. The summed E-state index contributed by atoms with van der Waals surface area (Å²) in [5.74, 6) is -0.581. The van der Waals surface area contributed by atoms with Crippen LogP contribution in [0.25, 0.3) is 0 Å². The van der Waals surface area contributed by atoms with Crippen LogP contribution < -0.4 is 16.0 Å². The summed E-state index contributed by atoms with van der Waals surface area (Å²) in [4.78, 5) is 37.9. The standard InChI is InChI=1S/C14H16N4O3/c15-10-4-1-5-11-9(10)3-2-6-18(11)13(20)8-17-7-12(19)16-14(17)21/h1,4-5H,2-3,6-8,15H2,(H,16,19,21). The molecule has 0 spiro atoms. The topological polar surface area (TPSA) is 95.7 Å². The highest BCUT2D eigenvalue weighted by Crippen LogP contribution is 2.31. The molecule has 21 heavy (non-hydrogen) atoms. The number of carbonyl (C=O) groups is 3. The highest BCUT2D eigenvalue weighted by molar-refractivity contribution is 6.05. The van der Waals surface area contributed by atoms with Gasteiger partial charge in [-0.2, -0.15) is 0 Å². The number of nitrogens with one attached hydrogen (secondary N) is 1. The molecule has 4 amide bonds. The van der Waals surface area contributed by atoms with E-state index in [-0.39, 0.29) is 24.9 Å². The second-order valence-corrected chi connectivity index (χ2v) is 5.20. The highest BCUT2D eigenvalue weighted by Gasteiger charge is 2.31.